The summed E-state index contributed by atoms with van der Waals surface area (Å²) in [6, 6.07) is 4.94. The highest BCUT2D eigenvalue weighted by Crippen LogP contribution is 2.22. The molecule has 0 aromatic carbocycles. The van der Waals surface area contributed by atoms with Crippen molar-refractivity contribution in [3.63, 3.8) is 0 Å². The zero-order valence-corrected chi connectivity index (χ0v) is 12.8. The Morgan fingerprint density at radius 3 is 2.62 bits per heavy atom. The van der Waals surface area contributed by atoms with Crippen molar-refractivity contribution in [3.05, 3.63) is 23.9 Å². The molecular formula is C14H19F4N5O. The molecule has 0 aliphatic heterocycles. The fraction of sp³-hybridized carbons (Fsp3) is 0.500. The average Bonchev–Trinajstić information content (AvgIpc) is 2.50. The molecule has 0 aliphatic rings. The molecule has 0 fully saturated rings. The largest absolute Gasteiger partial charge is 0.370 e. The van der Waals surface area contributed by atoms with Gasteiger partial charge in [0, 0.05) is 12.1 Å². The Kier molecular flexibility index (Phi) is 7.40. The van der Waals surface area contributed by atoms with E-state index in [1.165, 1.54) is 6.07 Å². The molecule has 1 heterocycles. The predicted octanol–water partition coefficient (Wildman–Crippen LogP) is 1.91. The Morgan fingerprint density at radius 1 is 1.29 bits per heavy atom. The number of alkyl halides is 4. The Bertz CT molecular complexity index is 580. The Hall–Kier alpha value is -2.39. The van der Waals surface area contributed by atoms with Gasteiger partial charge in [0.15, 0.2) is 5.96 Å². The number of pyridine rings is 1. The molecule has 134 valence electrons. The minimum Gasteiger partial charge on any atom is -0.370 e. The van der Waals surface area contributed by atoms with Gasteiger partial charge in [-0.05, 0) is 31.4 Å². The number of carbonyl (C=O) groups excluding carboxylic acids is 1. The van der Waals surface area contributed by atoms with E-state index in [0.29, 0.717) is 25.0 Å². The number of amides is 1. The molecule has 0 bridgehead atoms. The van der Waals surface area contributed by atoms with Gasteiger partial charge in [0.25, 0.3) is 0 Å². The van der Waals surface area contributed by atoms with E-state index in [1.54, 1.807) is 12.1 Å². The number of hydrogen-bond acceptors (Lipinski definition) is 3. The second-order valence-electron chi connectivity index (χ2n) is 5.08. The maximum Gasteiger partial charge on any atom is 0.326 e. The highest BCUT2D eigenvalue weighted by atomic mass is 19.3. The number of carbonyl (C=O) groups is 1. The number of hydrogen-bond donors (Lipinski definition) is 3. The number of halogens is 4. The van der Waals surface area contributed by atoms with E-state index in [2.05, 4.69) is 15.3 Å². The lowest BCUT2D eigenvalue weighted by Gasteiger charge is -2.13. The van der Waals surface area contributed by atoms with Gasteiger partial charge in [0.1, 0.15) is 12.4 Å². The van der Waals surface area contributed by atoms with Crippen molar-refractivity contribution in [2.45, 2.75) is 38.0 Å². The van der Waals surface area contributed by atoms with Crippen LogP contribution in [0, 0.1) is 0 Å². The maximum atomic E-state index is 12.8. The van der Waals surface area contributed by atoms with Crippen LogP contribution < -0.4 is 16.8 Å². The highest BCUT2D eigenvalue weighted by Gasteiger charge is 2.40. The molecule has 5 N–H and O–H groups in total. The summed E-state index contributed by atoms with van der Waals surface area (Å²) in [5.74, 6) is -4.79. The molecule has 6 nitrogen and oxygen atoms in total. The SMILES string of the molecule is NC(=O)CCCCc1cccc(NC(N)=NCC(F)(F)C(F)F)n1. The first kappa shape index (κ1) is 19.7. The monoisotopic (exact) mass is 349 g/mol. The van der Waals surface area contributed by atoms with Crippen LogP contribution in [0.2, 0.25) is 0 Å². The highest BCUT2D eigenvalue weighted by molar-refractivity contribution is 5.91. The minimum atomic E-state index is -4.23. The van der Waals surface area contributed by atoms with E-state index in [9.17, 15) is 22.4 Å². The summed E-state index contributed by atoms with van der Waals surface area (Å²) in [4.78, 5) is 18.0. The van der Waals surface area contributed by atoms with Gasteiger partial charge in [-0.1, -0.05) is 6.07 Å². The molecule has 10 heteroatoms. The first-order valence-electron chi connectivity index (χ1n) is 7.18. The van der Waals surface area contributed by atoms with Crippen molar-refractivity contribution in [2.24, 2.45) is 16.5 Å². The summed E-state index contributed by atoms with van der Waals surface area (Å²) >= 11 is 0. The Balaban J connectivity index is 2.55. The molecule has 0 aliphatic carbocycles. The third-order valence-electron chi connectivity index (χ3n) is 2.95. The van der Waals surface area contributed by atoms with Gasteiger partial charge in [-0.2, -0.15) is 8.78 Å². The molecule has 1 aromatic heterocycles. The van der Waals surface area contributed by atoms with Crippen LogP contribution in [-0.4, -0.2) is 35.7 Å². The van der Waals surface area contributed by atoms with Crippen LogP contribution in [-0.2, 0) is 11.2 Å². The smallest absolute Gasteiger partial charge is 0.326 e. The number of guanidine groups is 1. The summed E-state index contributed by atoms with van der Waals surface area (Å²) in [5, 5.41) is 2.47. The van der Waals surface area contributed by atoms with E-state index in [-0.39, 0.29) is 18.1 Å². The number of unbranched alkanes of at least 4 members (excludes halogenated alkanes) is 1. The van der Waals surface area contributed by atoms with Gasteiger partial charge >= 0.3 is 12.3 Å². The lowest BCUT2D eigenvalue weighted by atomic mass is 10.1. The topological polar surface area (TPSA) is 106 Å². The minimum absolute atomic E-state index is 0.254. The predicted molar refractivity (Wildman–Crippen MR) is 82.0 cm³/mol. The van der Waals surface area contributed by atoms with E-state index >= 15 is 0 Å². The number of primary amides is 1. The first-order chi connectivity index (χ1) is 11.2. The fourth-order valence-electron chi connectivity index (χ4n) is 1.72. The summed E-state index contributed by atoms with van der Waals surface area (Å²) in [7, 11) is 0. The van der Waals surface area contributed by atoms with Crippen molar-refractivity contribution in [1.82, 2.24) is 4.98 Å². The quantitative estimate of drug-likeness (QED) is 0.274. The van der Waals surface area contributed by atoms with Crippen LogP contribution in [0.25, 0.3) is 0 Å². The summed E-state index contributed by atoms with van der Waals surface area (Å²) in [6.45, 7) is -1.42. The zero-order chi connectivity index (χ0) is 18.2. The summed E-state index contributed by atoms with van der Waals surface area (Å²) < 4.78 is 49.5. The standard InChI is InChI=1S/C14H19F4N5O/c15-12(16)14(17,18)8-21-13(20)23-11-7-3-5-9(22-11)4-1-2-6-10(19)24/h3,5,7,12H,1-2,4,6,8H2,(H2,19,24)(H3,20,21,22,23). The molecule has 0 unspecified atom stereocenters. The van der Waals surface area contributed by atoms with Crippen molar-refractivity contribution in [1.29, 1.82) is 0 Å². The Morgan fingerprint density at radius 2 is 2.00 bits per heavy atom. The van der Waals surface area contributed by atoms with Crippen LogP contribution in [0.4, 0.5) is 23.4 Å². The number of aryl methyl sites for hydroxylation is 1. The molecule has 0 spiro atoms. The number of aliphatic imine (C=N–C) groups is 1. The molecule has 0 radical (unpaired) electrons. The molecule has 1 aromatic rings. The lowest BCUT2D eigenvalue weighted by Crippen LogP contribution is -2.33. The van der Waals surface area contributed by atoms with Crippen molar-refractivity contribution in [2.75, 3.05) is 11.9 Å². The fourth-order valence-corrected chi connectivity index (χ4v) is 1.72. The summed E-state index contributed by atoms with van der Waals surface area (Å²) in [6.07, 6.45) is -1.61. The molecular weight excluding hydrogens is 330 g/mol. The van der Waals surface area contributed by atoms with Gasteiger partial charge in [0.2, 0.25) is 5.91 Å². The molecule has 0 atom stereocenters. The molecule has 1 amide bonds. The third-order valence-corrected chi connectivity index (χ3v) is 2.95. The number of rotatable bonds is 9. The van der Waals surface area contributed by atoms with Gasteiger partial charge in [0.05, 0.1) is 0 Å². The van der Waals surface area contributed by atoms with E-state index in [4.69, 9.17) is 11.5 Å². The van der Waals surface area contributed by atoms with E-state index in [1.807, 2.05) is 0 Å². The van der Waals surface area contributed by atoms with Gasteiger partial charge < -0.3 is 16.8 Å². The maximum absolute atomic E-state index is 12.8. The Labute approximate surface area is 136 Å². The van der Waals surface area contributed by atoms with Crippen molar-refractivity contribution >= 4 is 17.7 Å². The first-order valence-corrected chi connectivity index (χ1v) is 7.18. The van der Waals surface area contributed by atoms with Gasteiger partial charge in [-0.3, -0.25) is 4.79 Å². The number of anilines is 1. The third kappa shape index (κ3) is 7.25. The molecule has 1 rings (SSSR count). The van der Waals surface area contributed by atoms with Crippen molar-refractivity contribution < 1.29 is 22.4 Å². The summed E-state index contributed by atoms with van der Waals surface area (Å²) in [5.41, 5.74) is 11.1. The molecule has 24 heavy (non-hydrogen) atoms. The molecule has 0 saturated heterocycles. The number of nitrogens with one attached hydrogen (secondary N) is 1. The van der Waals surface area contributed by atoms with E-state index in [0.717, 1.165) is 0 Å². The van der Waals surface area contributed by atoms with Crippen LogP contribution in [0.3, 0.4) is 0 Å². The zero-order valence-electron chi connectivity index (χ0n) is 12.8. The average molecular weight is 349 g/mol. The van der Waals surface area contributed by atoms with Crippen molar-refractivity contribution in [3.8, 4) is 0 Å². The second kappa shape index (κ2) is 9.04. The van der Waals surface area contributed by atoms with Crippen LogP contribution in [0.5, 0.6) is 0 Å². The van der Waals surface area contributed by atoms with Crippen LogP contribution >= 0.6 is 0 Å². The van der Waals surface area contributed by atoms with Crippen LogP contribution in [0.1, 0.15) is 25.0 Å². The number of aromatic nitrogens is 1. The van der Waals surface area contributed by atoms with Gasteiger partial charge in [-0.15, -0.1) is 0 Å². The molecule has 0 saturated carbocycles. The normalized spacial score (nSPS) is 12.5. The van der Waals surface area contributed by atoms with Gasteiger partial charge in [-0.25, -0.2) is 18.8 Å². The second-order valence-corrected chi connectivity index (χ2v) is 5.08. The lowest BCUT2D eigenvalue weighted by molar-refractivity contribution is -0.119. The van der Waals surface area contributed by atoms with E-state index < -0.39 is 24.9 Å². The number of nitrogens with two attached hydrogens (primary N) is 2. The van der Waals surface area contributed by atoms with Crippen LogP contribution in [0.15, 0.2) is 23.2 Å². The number of nitrogens with zero attached hydrogens (tertiary/aromatic N) is 2.